The Morgan fingerprint density at radius 1 is 1.37 bits per heavy atom. The fourth-order valence-corrected chi connectivity index (χ4v) is 1.19. The third-order valence-electron chi connectivity index (χ3n) is 2.22. The molecule has 0 fully saturated rings. The first kappa shape index (κ1) is 14.6. The number of carboxylic acids is 1. The third-order valence-corrected chi connectivity index (χ3v) is 2.22. The van der Waals surface area contributed by atoms with Gasteiger partial charge in [0.2, 0.25) is 0 Å². The second-order valence-corrected chi connectivity index (χ2v) is 3.69. The molecule has 0 spiro atoms. The van der Waals surface area contributed by atoms with E-state index in [1.807, 2.05) is 0 Å². The summed E-state index contributed by atoms with van der Waals surface area (Å²) in [5, 5.41) is 11.1. The number of aliphatic carboxylic acids is 1. The van der Waals surface area contributed by atoms with Crippen LogP contribution in [0.25, 0.3) is 0 Å². The molecule has 19 heavy (non-hydrogen) atoms. The molecule has 1 aromatic heterocycles. The molecule has 2 N–H and O–H groups in total. The molecule has 0 bridgehead atoms. The van der Waals surface area contributed by atoms with E-state index in [4.69, 9.17) is 5.11 Å². The quantitative estimate of drug-likeness (QED) is 0.692. The van der Waals surface area contributed by atoms with Gasteiger partial charge in [-0.3, -0.25) is 14.6 Å². The Labute approximate surface area is 108 Å². The zero-order valence-electron chi connectivity index (χ0n) is 10.4. The van der Waals surface area contributed by atoms with E-state index >= 15 is 0 Å². The first-order chi connectivity index (χ1) is 8.93. The zero-order valence-corrected chi connectivity index (χ0v) is 10.4. The van der Waals surface area contributed by atoms with Gasteiger partial charge in [0.25, 0.3) is 5.91 Å². The van der Waals surface area contributed by atoms with E-state index in [0.29, 0.717) is 5.69 Å². The molecule has 0 saturated carbocycles. The minimum Gasteiger partial charge on any atom is -0.480 e. The number of hydrogen-bond donors (Lipinski definition) is 2. The molecular weight excluding hydrogens is 254 g/mol. The molecule has 1 heterocycles. The average molecular weight is 267 g/mol. The number of rotatable bonds is 5. The van der Waals surface area contributed by atoms with Gasteiger partial charge in [0.1, 0.15) is 11.7 Å². The van der Waals surface area contributed by atoms with Crippen molar-refractivity contribution in [2.24, 2.45) is 0 Å². The smallest absolute Gasteiger partial charge is 0.326 e. The van der Waals surface area contributed by atoms with Gasteiger partial charge in [-0.1, -0.05) is 0 Å². The second-order valence-electron chi connectivity index (χ2n) is 3.69. The highest BCUT2D eigenvalue weighted by Crippen LogP contribution is 1.99. The molecule has 0 aromatic carbocycles. The monoisotopic (exact) mass is 267 g/mol. The minimum atomic E-state index is -1.37. The van der Waals surface area contributed by atoms with Crippen LogP contribution in [0.2, 0.25) is 0 Å². The van der Waals surface area contributed by atoms with Crippen LogP contribution in [0.15, 0.2) is 12.4 Å². The molecule has 0 aliphatic rings. The Morgan fingerprint density at radius 2 is 2.05 bits per heavy atom. The summed E-state index contributed by atoms with van der Waals surface area (Å²) in [7, 11) is 1.13. The van der Waals surface area contributed by atoms with E-state index in [0.717, 1.165) is 7.11 Å². The predicted molar refractivity (Wildman–Crippen MR) is 62.3 cm³/mol. The van der Waals surface area contributed by atoms with E-state index in [1.54, 1.807) is 6.92 Å². The Kier molecular flexibility index (Phi) is 4.92. The van der Waals surface area contributed by atoms with Crippen molar-refractivity contribution in [3.8, 4) is 0 Å². The third kappa shape index (κ3) is 4.34. The lowest BCUT2D eigenvalue weighted by atomic mass is 10.2. The van der Waals surface area contributed by atoms with Gasteiger partial charge in [0, 0.05) is 6.20 Å². The minimum absolute atomic E-state index is 0.0262. The fraction of sp³-hybridized carbons (Fsp3) is 0.364. The summed E-state index contributed by atoms with van der Waals surface area (Å²) in [6.07, 6.45) is 2.14. The van der Waals surface area contributed by atoms with E-state index < -0.39 is 30.3 Å². The average Bonchev–Trinajstić information content (AvgIpc) is 2.38. The van der Waals surface area contributed by atoms with Crippen molar-refractivity contribution in [3.05, 3.63) is 23.8 Å². The lowest BCUT2D eigenvalue weighted by molar-refractivity contribution is -0.147. The SMILES string of the molecule is COC(=O)C[C@H](NC(=O)c1cnc(C)cn1)C(=O)O. The number of nitrogens with zero attached hydrogens (tertiary/aromatic N) is 2. The van der Waals surface area contributed by atoms with Crippen molar-refractivity contribution in [2.45, 2.75) is 19.4 Å². The van der Waals surface area contributed by atoms with Crippen molar-refractivity contribution in [1.82, 2.24) is 15.3 Å². The lowest BCUT2D eigenvalue weighted by Gasteiger charge is -2.12. The fourth-order valence-electron chi connectivity index (χ4n) is 1.19. The highest BCUT2D eigenvalue weighted by Gasteiger charge is 2.24. The molecule has 0 radical (unpaired) electrons. The number of amides is 1. The van der Waals surface area contributed by atoms with Crippen LogP contribution in [0, 0.1) is 6.92 Å². The van der Waals surface area contributed by atoms with Gasteiger partial charge in [0.15, 0.2) is 0 Å². The molecule has 8 heteroatoms. The van der Waals surface area contributed by atoms with Gasteiger partial charge in [-0.15, -0.1) is 0 Å². The number of aromatic nitrogens is 2. The molecule has 1 atom stereocenters. The molecule has 0 unspecified atom stereocenters. The number of aryl methyl sites for hydroxylation is 1. The number of hydrogen-bond acceptors (Lipinski definition) is 6. The first-order valence-electron chi connectivity index (χ1n) is 5.33. The summed E-state index contributed by atoms with van der Waals surface area (Å²) in [6, 6.07) is -1.37. The van der Waals surface area contributed by atoms with Crippen LogP contribution < -0.4 is 5.32 Å². The molecule has 1 rings (SSSR count). The molecule has 8 nitrogen and oxygen atoms in total. The van der Waals surface area contributed by atoms with Gasteiger partial charge in [-0.2, -0.15) is 0 Å². The van der Waals surface area contributed by atoms with Gasteiger partial charge in [-0.05, 0) is 6.92 Å². The largest absolute Gasteiger partial charge is 0.480 e. The number of carbonyl (C=O) groups excluding carboxylic acids is 2. The number of nitrogens with one attached hydrogen (secondary N) is 1. The Hall–Kier alpha value is -2.51. The van der Waals surface area contributed by atoms with E-state index in [2.05, 4.69) is 20.0 Å². The van der Waals surface area contributed by atoms with Crippen LogP contribution in [-0.4, -0.2) is 46.1 Å². The predicted octanol–water partition coefficient (Wildman–Crippen LogP) is -0.469. The van der Waals surface area contributed by atoms with Crippen molar-refractivity contribution >= 4 is 17.8 Å². The van der Waals surface area contributed by atoms with Crippen LogP contribution in [0.1, 0.15) is 22.6 Å². The van der Waals surface area contributed by atoms with Gasteiger partial charge in [-0.25, -0.2) is 9.78 Å². The summed E-state index contributed by atoms with van der Waals surface area (Å²) in [6.45, 7) is 1.70. The van der Waals surface area contributed by atoms with Crippen molar-refractivity contribution in [1.29, 1.82) is 0 Å². The van der Waals surface area contributed by atoms with Crippen LogP contribution in [0.5, 0.6) is 0 Å². The van der Waals surface area contributed by atoms with Gasteiger partial charge < -0.3 is 15.2 Å². The number of esters is 1. The Balaban J connectivity index is 2.73. The van der Waals surface area contributed by atoms with Crippen molar-refractivity contribution < 1.29 is 24.2 Å². The number of methoxy groups -OCH3 is 1. The Morgan fingerprint density at radius 3 is 2.53 bits per heavy atom. The lowest BCUT2D eigenvalue weighted by Crippen LogP contribution is -2.42. The second kappa shape index (κ2) is 6.43. The van der Waals surface area contributed by atoms with Gasteiger partial charge in [0.05, 0.1) is 25.4 Å². The maximum atomic E-state index is 11.7. The van der Waals surface area contributed by atoms with Crippen LogP contribution in [-0.2, 0) is 14.3 Å². The van der Waals surface area contributed by atoms with E-state index in [9.17, 15) is 14.4 Å². The van der Waals surface area contributed by atoms with Crippen LogP contribution >= 0.6 is 0 Å². The first-order valence-corrected chi connectivity index (χ1v) is 5.33. The maximum absolute atomic E-state index is 11.7. The van der Waals surface area contributed by atoms with Gasteiger partial charge >= 0.3 is 11.9 Å². The van der Waals surface area contributed by atoms with Crippen LogP contribution in [0.4, 0.5) is 0 Å². The normalized spacial score (nSPS) is 11.5. The Bertz CT molecular complexity index is 486. The molecule has 0 aliphatic carbocycles. The molecule has 1 amide bonds. The van der Waals surface area contributed by atoms with E-state index in [1.165, 1.54) is 12.4 Å². The summed E-state index contributed by atoms with van der Waals surface area (Å²) < 4.78 is 4.35. The van der Waals surface area contributed by atoms with Crippen molar-refractivity contribution in [2.75, 3.05) is 7.11 Å². The highest BCUT2D eigenvalue weighted by molar-refractivity contribution is 5.95. The summed E-state index contributed by atoms with van der Waals surface area (Å²) >= 11 is 0. The summed E-state index contributed by atoms with van der Waals surface area (Å²) in [4.78, 5) is 41.3. The number of carbonyl (C=O) groups is 3. The highest BCUT2D eigenvalue weighted by atomic mass is 16.5. The summed E-state index contributed by atoms with van der Waals surface area (Å²) in [5.74, 6) is -2.79. The van der Waals surface area contributed by atoms with E-state index in [-0.39, 0.29) is 5.69 Å². The zero-order chi connectivity index (χ0) is 14.4. The molecule has 0 saturated heterocycles. The molecule has 0 aliphatic heterocycles. The van der Waals surface area contributed by atoms with Crippen molar-refractivity contribution in [3.63, 3.8) is 0 Å². The number of ether oxygens (including phenoxy) is 1. The molecule has 1 aromatic rings. The maximum Gasteiger partial charge on any atom is 0.326 e. The summed E-state index contributed by atoms with van der Waals surface area (Å²) in [5.41, 5.74) is 0.600. The molecular formula is C11H13N3O5. The molecule has 102 valence electrons. The topological polar surface area (TPSA) is 118 Å². The van der Waals surface area contributed by atoms with Crippen LogP contribution in [0.3, 0.4) is 0 Å². The standard InChI is InChI=1S/C11H13N3O5/c1-6-4-13-8(5-12-6)10(16)14-7(11(17)18)3-9(15)19-2/h4-5,7H,3H2,1-2H3,(H,14,16)(H,17,18)/t7-/m0/s1. The number of carboxylic acid groups (broad SMARTS) is 1.